The lowest BCUT2D eigenvalue weighted by Gasteiger charge is -2.09. The van der Waals surface area contributed by atoms with Gasteiger partial charge in [0, 0.05) is 0 Å². The number of rotatable bonds is 5. The molecular formula is C11H22. The Morgan fingerprint density at radius 2 is 1.82 bits per heavy atom. The maximum Gasteiger partial charge on any atom is -0.0260 e. The molecule has 0 aliphatic rings. The number of allylic oxidation sites excluding steroid dienone is 2. The summed E-state index contributed by atoms with van der Waals surface area (Å²) in [5.41, 5.74) is 1.65. The second kappa shape index (κ2) is 6.45. The largest absolute Gasteiger partial charge is 0.0851 e. The van der Waals surface area contributed by atoms with Gasteiger partial charge in [0.05, 0.1) is 0 Å². The van der Waals surface area contributed by atoms with Crippen LogP contribution in [0.4, 0.5) is 0 Å². The van der Waals surface area contributed by atoms with Gasteiger partial charge in [0.15, 0.2) is 0 Å². The Morgan fingerprint density at radius 1 is 1.18 bits per heavy atom. The van der Waals surface area contributed by atoms with Crippen LogP contribution >= 0.6 is 0 Å². The second-order valence-electron chi connectivity index (χ2n) is 3.47. The zero-order valence-corrected chi connectivity index (χ0v) is 8.48. The van der Waals surface area contributed by atoms with E-state index in [1.165, 1.54) is 25.7 Å². The molecule has 0 aliphatic heterocycles. The lowest BCUT2D eigenvalue weighted by Crippen LogP contribution is -1.93. The van der Waals surface area contributed by atoms with Gasteiger partial charge in [0.2, 0.25) is 0 Å². The summed E-state index contributed by atoms with van der Waals surface area (Å²) >= 11 is 0. The predicted molar refractivity (Wildman–Crippen MR) is 52.7 cm³/mol. The van der Waals surface area contributed by atoms with Crippen molar-refractivity contribution in [2.75, 3.05) is 0 Å². The van der Waals surface area contributed by atoms with E-state index in [0.717, 1.165) is 5.92 Å². The molecule has 0 aromatic rings. The third kappa shape index (κ3) is 5.06. The van der Waals surface area contributed by atoms with E-state index < -0.39 is 0 Å². The van der Waals surface area contributed by atoms with Gasteiger partial charge in [-0.1, -0.05) is 52.2 Å². The molecule has 0 saturated heterocycles. The SMILES string of the molecule is CCC/C=C(/CCC)C(C)C. The Bertz CT molecular complexity index is 109. The number of unbranched alkanes of at least 4 members (excludes halogenated alkanes) is 1. The average Bonchev–Trinajstić information content (AvgIpc) is 1.97. The summed E-state index contributed by atoms with van der Waals surface area (Å²) in [5.74, 6) is 0.751. The molecule has 0 heteroatoms. The van der Waals surface area contributed by atoms with Gasteiger partial charge in [-0.2, -0.15) is 0 Å². The van der Waals surface area contributed by atoms with Crippen LogP contribution in [0.3, 0.4) is 0 Å². The Morgan fingerprint density at radius 3 is 2.18 bits per heavy atom. The zero-order chi connectivity index (χ0) is 8.69. The minimum atomic E-state index is 0.751. The van der Waals surface area contributed by atoms with Gasteiger partial charge in [-0.25, -0.2) is 0 Å². The molecule has 0 rings (SSSR count). The van der Waals surface area contributed by atoms with Crippen molar-refractivity contribution in [1.29, 1.82) is 0 Å². The molecule has 0 heterocycles. The quantitative estimate of drug-likeness (QED) is 0.521. The maximum atomic E-state index is 2.42. The molecule has 0 aliphatic carbocycles. The van der Waals surface area contributed by atoms with Crippen LogP contribution in [-0.2, 0) is 0 Å². The monoisotopic (exact) mass is 154 g/mol. The molecule has 0 nitrogen and oxygen atoms in total. The first-order valence-corrected chi connectivity index (χ1v) is 4.91. The molecule has 0 atom stereocenters. The van der Waals surface area contributed by atoms with E-state index in [4.69, 9.17) is 0 Å². The van der Waals surface area contributed by atoms with Gasteiger partial charge < -0.3 is 0 Å². The minimum absolute atomic E-state index is 0.751. The highest BCUT2D eigenvalue weighted by atomic mass is 14.1. The van der Waals surface area contributed by atoms with Crippen molar-refractivity contribution in [1.82, 2.24) is 0 Å². The highest BCUT2D eigenvalue weighted by molar-refractivity contribution is 5.04. The van der Waals surface area contributed by atoms with E-state index in [1.54, 1.807) is 5.57 Å². The van der Waals surface area contributed by atoms with Crippen molar-refractivity contribution in [3.8, 4) is 0 Å². The topological polar surface area (TPSA) is 0 Å². The Labute approximate surface area is 71.7 Å². The van der Waals surface area contributed by atoms with E-state index in [-0.39, 0.29) is 0 Å². The highest BCUT2D eigenvalue weighted by Gasteiger charge is 1.99. The normalized spacial score (nSPS) is 12.6. The standard InChI is InChI=1S/C11H22/c1-5-7-9-11(8-6-2)10(3)4/h9-10H,5-8H2,1-4H3/b11-9-. The smallest absolute Gasteiger partial charge is 0.0260 e. The van der Waals surface area contributed by atoms with Crippen LogP contribution in [0.25, 0.3) is 0 Å². The Hall–Kier alpha value is -0.260. The third-order valence-electron chi connectivity index (χ3n) is 1.98. The summed E-state index contributed by atoms with van der Waals surface area (Å²) in [6.07, 6.45) is 7.53. The van der Waals surface area contributed by atoms with Crippen LogP contribution in [-0.4, -0.2) is 0 Å². The fraction of sp³-hybridized carbons (Fsp3) is 0.818. The third-order valence-corrected chi connectivity index (χ3v) is 1.98. The predicted octanol–water partition coefficient (Wildman–Crippen LogP) is 4.17. The zero-order valence-electron chi connectivity index (χ0n) is 8.48. The van der Waals surface area contributed by atoms with E-state index >= 15 is 0 Å². The van der Waals surface area contributed by atoms with E-state index in [1.807, 2.05) is 0 Å². The van der Waals surface area contributed by atoms with Gasteiger partial charge in [0.1, 0.15) is 0 Å². The molecule has 0 aromatic heterocycles. The average molecular weight is 154 g/mol. The summed E-state index contributed by atoms with van der Waals surface area (Å²) in [7, 11) is 0. The molecular weight excluding hydrogens is 132 g/mol. The molecule has 0 fully saturated rings. The van der Waals surface area contributed by atoms with Gasteiger partial charge in [-0.05, 0) is 18.8 Å². The molecule has 66 valence electrons. The maximum absolute atomic E-state index is 2.42. The molecule has 0 bridgehead atoms. The van der Waals surface area contributed by atoms with Crippen LogP contribution in [0, 0.1) is 5.92 Å². The summed E-state index contributed by atoms with van der Waals surface area (Å²) in [4.78, 5) is 0. The van der Waals surface area contributed by atoms with Crippen LogP contribution in [0.2, 0.25) is 0 Å². The van der Waals surface area contributed by atoms with Crippen molar-refractivity contribution in [2.24, 2.45) is 5.92 Å². The molecule has 0 amide bonds. The first-order chi connectivity index (χ1) is 5.22. The lowest BCUT2D eigenvalue weighted by atomic mass is 9.97. The van der Waals surface area contributed by atoms with Gasteiger partial charge in [0.25, 0.3) is 0 Å². The first-order valence-electron chi connectivity index (χ1n) is 4.91. The van der Waals surface area contributed by atoms with Crippen LogP contribution in [0.5, 0.6) is 0 Å². The molecule has 0 N–H and O–H groups in total. The van der Waals surface area contributed by atoms with Crippen molar-refractivity contribution in [2.45, 2.75) is 53.4 Å². The summed E-state index contributed by atoms with van der Waals surface area (Å²) < 4.78 is 0. The molecule has 0 aromatic carbocycles. The van der Waals surface area contributed by atoms with Crippen molar-refractivity contribution >= 4 is 0 Å². The molecule has 11 heavy (non-hydrogen) atoms. The molecule has 0 saturated carbocycles. The first kappa shape index (κ1) is 10.7. The van der Waals surface area contributed by atoms with E-state index in [2.05, 4.69) is 33.8 Å². The fourth-order valence-electron chi connectivity index (χ4n) is 1.24. The Balaban J connectivity index is 3.86. The van der Waals surface area contributed by atoms with Crippen LogP contribution in [0.15, 0.2) is 11.6 Å². The highest BCUT2D eigenvalue weighted by Crippen LogP contribution is 2.16. The molecule has 0 radical (unpaired) electrons. The number of hydrogen-bond acceptors (Lipinski definition) is 0. The second-order valence-corrected chi connectivity index (χ2v) is 3.47. The van der Waals surface area contributed by atoms with E-state index in [9.17, 15) is 0 Å². The molecule has 0 unspecified atom stereocenters. The van der Waals surface area contributed by atoms with Gasteiger partial charge in [-0.15, -0.1) is 0 Å². The summed E-state index contributed by atoms with van der Waals surface area (Å²) in [5, 5.41) is 0. The van der Waals surface area contributed by atoms with Crippen LogP contribution in [0.1, 0.15) is 53.4 Å². The lowest BCUT2D eigenvalue weighted by molar-refractivity contribution is 0.692. The van der Waals surface area contributed by atoms with Crippen molar-refractivity contribution < 1.29 is 0 Å². The van der Waals surface area contributed by atoms with E-state index in [0.29, 0.717) is 0 Å². The summed E-state index contributed by atoms with van der Waals surface area (Å²) in [6.45, 7) is 9.07. The number of hydrogen-bond donors (Lipinski definition) is 0. The summed E-state index contributed by atoms with van der Waals surface area (Å²) in [6, 6.07) is 0. The van der Waals surface area contributed by atoms with Gasteiger partial charge in [-0.3, -0.25) is 0 Å². The molecule has 0 spiro atoms. The van der Waals surface area contributed by atoms with Crippen molar-refractivity contribution in [3.05, 3.63) is 11.6 Å². The fourth-order valence-corrected chi connectivity index (χ4v) is 1.24. The minimum Gasteiger partial charge on any atom is -0.0851 e. The Kier molecular flexibility index (Phi) is 6.30. The van der Waals surface area contributed by atoms with Gasteiger partial charge >= 0.3 is 0 Å². The van der Waals surface area contributed by atoms with Crippen molar-refractivity contribution in [3.63, 3.8) is 0 Å². The van der Waals surface area contributed by atoms with Crippen LogP contribution < -0.4 is 0 Å².